The molecule has 1 atom stereocenters. The van der Waals surface area contributed by atoms with Gasteiger partial charge in [0.2, 0.25) is 0 Å². The van der Waals surface area contributed by atoms with Crippen LogP contribution >= 0.6 is 0 Å². The van der Waals surface area contributed by atoms with Crippen LogP contribution < -0.4 is 4.74 Å². The number of ether oxygens (including phenoxy) is 1. The summed E-state index contributed by atoms with van der Waals surface area (Å²) in [6.07, 6.45) is 3.57. The van der Waals surface area contributed by atoms with Crippen molar-refractivity contribution in [2.24, 2.45) is 0 Å². The lowest BCUT2D eigenvalue weighted by Gasteiger charge is -2.15. The van der Waals surface area contributed by atoms with Gasteiger partial charge in [0.15, 0.2) is 0 Å². The van der Waals surface area contributed by atoms with Crippen molar-refractivity contribution >= 4 is 5.78 Å². The zero-order valence-electron chi connectivity index (χ0n) is 11.0. The van der Waals surface area contributed by atoms with Gasteiger partial charge in [0.1, 0.15) is 11.5 Å². The molecule has 0 radical (unpaired) electrons. The Morgan fingerprint density at radius 1 is 1.18 bits per heavy atom. The van der Waals surface area contributed by atoms with E-state index in [4.69, 9.17) is 4.74 Å². The minimum atomic E-state index is 0.0610. The third kappa shape index (κ3) is 3.88. The number of hydrogen-bond donors (Lipinski definition) is 0. The maximum absolute atomic E-state index is 12.1. The molecular weight excluding hydrogens is 212 g/mol. The Morgan fingerprint density at radius 3 is 2.29 bits per heavy atom. The standard InChI is InChI=1S/C15H22O2/c1-4-6-14(15(16)7-5-2)12-8-10-13(17-3)11-9-12/h8-11,14H,4-7H2,1-3H3. The lowest BCUT2D eigenvalue weighted by molar-refractivity contribution is -0.120. The third-order valence-electron chi connectivity index (χ3n) is 2.98. The number of Topliss-reactive ketones (excluding diaryl/α,β-unsaturated/α-hetero) is 1. The largest absolute Gasteiger partial charge is 0.497 e. The lowest BCUT2D eigenvalue weighted by atomic mass is 9.88. The van der Waals surface area contributed by atoms with Gasteiger partial charge in [-0.05, 0) is 30.5 Å². The van der Waals surface area contributed by atoms with Crippen molar-refractivity contribution in [1.82, 2.24) is 0 Å². The van der Waals surface area contributed by atoms with Gasteiger partial charge in [-0.15, -0.1) is 0 Å². The first-order valence-electron chi connectivity index (χ1n) is 6.39. The van der Waals surface area contributed by atoms with Gasteiger partial charge >= 0.3 is 0 Å². The minimum Gasteiger partial charge on any atom is -0.497 e. The summed E-state index contributed by atoms with van der Waals surface area (Å²) >= 11 is 0. The molecule has 17 heavy (non-hydrogen) atoms. The summed E-state index contributed by atoms with van der Waals surface area (Å²) in [4.78, 5) is 12.1. The van der Waals surface area contributed by atoms with Crippen molar-refractivity contribution in [3.05, 3.63) is 29.8 Å². The van der Waals surface area contributed by atoms with Crippen LogP contribution in [-0.2, 0) is 4.79 Å². The van der Waals surface area contributed by atoms with E-state index in [0.717, 1.165) is 30.6 Å². The number of carbonyl (C=O) groups is 1. The number of methoxy groups -OCH3 is 1. The Bertz CT molecular complexity index is 340. The first-order chi connectivity index (χ1) is 8.22. The van der Waals surface area contributed by atoms with Crippen molar-refractivity contribution in [2.45, 2.75) is 45.4 Å². The van der Waals surface area contributed by atoms with Crippen LogP contribution in [-0.4, -0.2) is 12.9 Å². The van der Waals surface area contributed by atoms with Crippen LogP contribution in [0.25, 0.3) is 0 Å². The Hall–Kier alpha value is -1.31. The summed E-state index contributed by atoms with van der Waals surface area (Å²) in [5.41, 5.74) is 1.12. The molecule has 94 valence electrons. The molecule has 0 aliphatic rings. The van der Waals surface area contributed by atoms with E-state index in [0.29, 0.717) is 12.2 Å². The minimum absolute atomic E-state index is 0.0610. The molecule has 1 aromatic carbocycles. The van der Waals surface area contributed by atoms with Gasteiger partial charge < -0.3 is 4.74 Å². The van der Waals surface area contributed by atoms with Crippen LogP contribution in [0.1, 0.15) is 51.0 Å². The molecule has 0 amide bonds. The highest BCUT2D eigenvalue weighted by molar-refractivity contribution is 5.85. The van der Waals surface area contributed by atoms with Crippen LogP contribution in [0, 0.1) is 0 Å². The summed E-state index contributed by atoms with van der Waals surface area (Å²) in [6.45, 7) is 4.17. The molecule has 0 aromatic heterocycles. The van der Waals surface area contributed by atoms with Gasteiger partial charge in [0.05, 0.1) is 7.11 Å². The maximum Gasteiger partial charge on any atom is 0.140 e. The van der Waals surface area contributed by atoms with Crippen molar-refractivity contribution in [3.63, 3.8) is 0 Å². The van der Waals surface area contributed by atoms with Crippen LogP contribution in [0.15, 0.2) is 24.3 Å². The summed E-state index contributed by atoms with van der Waals surface area (Å²) in [7, 11) is 1.65. The van der Waals surface area contributed by atoms with Gasteiger partial charge in [0, 0.05) is 12.3 Å². The molecule has 1 rings (SSSR count). The van der Waals surface area contributed by atoms with Gasteiger partial charge in [-0.1, -0.05) is 32.4 Å². The van der Waals surface area contributed by atoms with Crippen molar-refractivity contribution in [1.29, 1.82) is 0 Å². The fraction of sp³-hybridized carbons (Fsp3) is 0.533. The van der Waals surface area contributed by atoms with E-state index in [-0.39, 0.29) is 5.92 Å². The Balaban J connectivity index is 2.84. The fourth-order valence-electron chi connectivity index (χ4n) is 2.06. The Labute approximate surface area is 104 Å². The Morgan fingerprint density at radius 2 is 1.82 bits per heavy atom. The second kappa shape index (κ2) is 7.10. The van der Waals surface area contributed by atoms with E-state index >= 15 is 0 Å². The molecule has 0 saturated carbocycles. The molecule has 0 heterocycles. The topological polar surface area (TPSA) is 26.3 Å². The monoisotopic (exact) mass is 234 g/mol. The molecule has 0 bridgehead atoms. The van der Waals surface area contributed by atoms with E-state index in [1.807, 2.05) is 24.3 Å². The molecule has 0 aliphatic carbocycles. The average molecular weight is 234 g/mol. The van der Waals surface area contributed by atoms with Crippen LogP contribution in [0.3, 0.4) is 0 Å². The molecule has 0 fully saturated rings. The molecule has 0 aliphatic heterocycles. The lowest BCUT2D eigenvalue weighted by Crippen LogP contribution is -2.12. The highest BCUT2D eigenvalue weighted by Crippen LogP contribution is 2.26. The second-order valence-electron chi connectivity index (χ2n) is 4.33. The van der Waals surface area contributed by atoms with Crippen molar-refractivity contribution in [2.75, 3.05) is 7.11 Å². The first-order valence-corrected chi connectivity index (χ1v) is 6.39. The molecule has 1 aromatic rings. The summed E-state index contributed by atoms with van der Waals surface area (Å²) < 4.78 is 5.13. The maximum atomic E-state index is 12.1. The van der Waals surface area contributed by atoms with Crippen molar-refractivity contribution in [3.8, 4) is 5.75 Å². The molecule has 2 nitrogen and oxygen atoms in total. The summed E-state index contributed by atoms with van der Waals surface area (Å²) in [6, 6.07) is 7.87. The normalized spacial score (nSPS) is 12.2. The predicted octanol–water partition coefficient (Wildman–Crippen LogP) is 3.95. The second-order valence-corrected chi connectivity index (χ2v) is 4.33. The smallest absolute Gasteiger partial charge is 0.140 e. The highest BCUT2D eigenvalue weighted by atomic mass is 16.5. The quantitative estimate of drug-likeness (QED) is 0.714. The molecule has 0 spiro atoms. The Kier molecular flexibility index (Phi) is 5.75. The summed E-state index contributed by atoms with van der Waals surface area (Å²) in [5, 5.41) is 0. The van der Waals surface area contributed by atoms with Crippen molar-refractivity contribution < 1.29 is 9.53 Å². The SMILES string of the molecule is CCCC(=O)C(CCC)c1ccc(OC)cc1. The number of hydrogen-bond acceptors (Lipinski definition) is 2. The van der Waals surface area contributed by atoms with Crippen LogP contribution in [0.4, 0.5) is 0 Å². The average Bonchev–Trinajstić information content (AvgIpc) is 2.36. The van der Waals surface area contributed by atoms with E-state index in [2.05, 4.69) is 13.8 Å². The van der Waals surface area contributed by atoms with Crippen LogP contribution in [0.5, 0.6) is 5.75 Å². The van der Waals surface area contributed by atoms with E-state index < -0.39 is 0 Å². The van der Waals surface area contributed by atoms with Gasteiger partial charge in [-0.25, -0.2) is 0 Å². The zero-order valence-corrected chi connectivity index (χ0v) is 11.0. The van der Waals surface area contributed by atoms with E-state index in [1.54, 1.807) is 7.11 Å². The molecular formula is C15H22O2. The van der Waals surface area contributed by atoms with E-state index in [1.165, 1.54) is 0 Å². The molecule has 2 heteroatoms. The highest BCUT2D eigenvalue weighted by Gasteiger charge is 2.18. The number of carbonyl (C=O) groups excluding carboxylic acids is 1. The zero-order chi connectivity index (χ0) is 12.7. The number of rotatable bonds is 7. The fourth-order valence-corrected chi connectivity index (χ4v) is 2.06. The first kappa shape index (κ1) is 13.8. The van der Waals surface area contributed by atoms with Gasteiger partial charge in [-0.2, -0.15) is 0 Å². The predicted molar refractivity (Wildman–Crippen MR) is 70.6 cm³/mol. The molecule has 0 saturated heterocycles. The van der Waals surface area contributed by atoms with Gasteiger partial charge in [-0.3, -0.25) is 4.79 Å². The molecule has 0 N–H and O–H groups in total. The summed E-state index contributed by atoms with van der Waals surface area (Å²) in [5.74, 6) is 1.26. The van der Waals surface area contributed by atoms with Crippen LogP contribution in [0.2, 0.25) is 0 Å². The third-order valence-corrected chi connectivity index (χ3v) is 2.98. The number of benzene rings is 1. The van der Waals surface area contributed by atoms with Gasteiger partial charge in [0.25, 0.3) is 0 Å². The number of ketones is 1. The van der Waals surface area contributed by atoms with E-state index in [9.17, 15) is 4.79 Å². The molecule has 1 unspecified atom stereocenters.